The van der Waals surface area contributed by atoms with Crippen molar-refractivity contribution in [3.8, 4) is 0 Å². The van der Waals surface area contributed by atoms with E-state index in [0.29, 0.717) is 30.8 Å². The topological polar surface area (TPSA) is 84.2 Å². The smallest absolute Gasteiger partial charge is 0.251 e. The van der Waals surface area contributed by atoms with E-state index in [1.54, 1.807) is 35.6 Å². The Morgan fingerprint density at radius 1 is 1.23 bits per heavy atom. The van der Waals surface area contributed by atoms with Gasteiger partial charge in [-0.1, -0.05) is 19.1 Å². The summed E-state index contributed by atoms with van der Waals surface area (Å²) in [6.07, 6.45) is 2.18. The predicted molar refractivity (Wildman–Crippen MR) is 110 cm³/mol. The Morgan fingerprint density at radius 2 is 2.04 bits per heavy atom. The van der Waals surface area contributed by atoms with E-state index in [2.05, 4.69) is 16.7 Å². The molecule has 4 N–H and O–H groups in total. The molecule has 0 radical (unpaired) electrons. The average molecular weight is 396 g/mol. The molecule has 2 amide bonds. The van der Waals surface area contributed by atoms with Crippen molar-refractivity contribution < 1.29 is 9.59 Å². The van der Waals surface area contributed by atoms with E-state index in [-0.39, 0.29) is 30.1 Å². The van der Waals surface area contributed by atoms with Crippen molar-refractivity contribution in [3.05, 3.63) is 52.2 Å². The molecule has 0 aliphatic heterocycles. The molecular formula is C19H26ClN3O2S. The van der Waals surface area contributed by atoms with Crippen molar-refractivity contribution in [2.24, 2.45) is 11.7 Å². The van der Waals surface area contributed by atoms with Crippen LogP contribution in [0.3, 0.4) is 0 Å². The largest absolute Gasteiger partial charge is 0.352 e. The van der Waals surface area contributed by atoms with Gasteiger partial charge in [0.2, 0.25) is 5.91 Å². The molecule has 0 aliphatic rings. The van der Waals surface area contributed by atoms with Gasteiger partial charge in [-0.3, -0.25) is 9.59 Å². The summed E-state index contributed by atoms with van der Waals surface area (Å²) in [5.41, 5.74) is 6.72. The van der Waals surface area contributed by atoms with Gasteiger partial charge in [-0.05, 0) is 54.9 Å². The highest BCUT2D eigenvalue weighted by Gasteiger charge is 2.09. The van der Waals surface area contributed by atoms with Gasteiger partial charge in [0.05, 0.1) is 0 Å². The van der Waals surface area contributed by atoms with Gasteiger partial charge in [0.1, 0.15) is 0 Å². The quantitative estimate of drug-likeness (QED) is 0.607. The highest BCUT2D eigenvalue weighted by molar-refractivity contribution is 7.09. The lowest BCUT2D eigenvalue weighted by Crippen LogP contribution is -2.31. The van der Waals surface area contributed by atoms with Gasteiger partial charge >= 0.3 is 0 Å². The second kappa shape index (κ2) is 11.7. The number of anilines is 1. The van der Waals surface area contributed by atoms with Crippen molar-refractivity contribution in [1.82, 2.24) is 5.32 Å². The van der Waals surface area contributed by atoms with Crippen LogP contribution in [0.5, 0.6) is 0 Å². The number of benzene rings is 1. The molecule has 142 valence electrons. The van der Waals surface area contributed by atoms with E-state index in [1.807, 2.05) is 18.4 Å². The fourth-order valence-corrected chi connectivity index (χ4v) is 3.04. The normalized spacial score (nSPS) is 11.3. The van der Waals surface area contributed by atoms with Crippen molar-refractivity contribution >= 4 is 41.2 Å². The van der Waals surface area contributed by atoms with Crippen molar-refractivity contribution in [2.75, 3.05) is 18.4 Å². The number of rotatable bonds is 9. The second-order valence-electron chi connectivity index (χ2n) is 6.11. The number of carbonyl (C=O) groups excluding carboxylic acids is 2. The van der Waals surface area contributed by atoms with Gasteiger partial charge in [-0.15, -0.1) is 23.7 Å². The van der Waals surface area contributed by atoms with Crippen LogP contribution in [0.25, 0.3) is 0 Å². The molecule has 0 aliphatic carbocycles. The van der Waals surface area contributed by atoms with Crippen LogP contribution in [-0.4, -0.2) is 24.9 Å². The summed E-state index contributed by atoms with van der Waals surface area (Å²) in [5.74, 6) is 0.0372. The molecular weight excluding hydrogens is 370 g/mol. The Kier molecular flexibility index (Phi) is 9.95. The first-order chi connectivity index (χ1) is 12.1. The molecule has 0 saturated carbocycles. The maximum Gasteiger partial charge on any atom is 0.251 e. The van der Waals surface area contributed by atoms with Gasteiger partial charge in [0.15, 0.2) is 0 Å². The molecule has 1 atom stereocenters. The summed E-state index contributed by atoms with van der Waals surface area (Å²) in [5, 5.41) is 7.75. The molecule has 1 unspecified atom stereocenters. The number of aryl methyl sites for hydroxylation is 1. The van der Waals surface area contributed by atoms with Gasteiger partial charge in [0.25, 0.3) is 5.91 Å². The monoisotopic (exact) mass is 395 g/mol. The second-order valence-corrected chi connectivity index (χ2v) is 7.15. The number of carbonyl (C=O) groups is 2. The summed E-state index contributed by atoms with van der Waals surface area (Å²) in [6.45, 7) is 3.05. The molecule has 1 aromatic heterocycles. The number of hydrogen-bond acceptors (Lipinski definition) is 4. The highest BCUT2D eigenvalue weighted by Crippen LogP contribution is 2.14. The number of thiophene rings is 1. The molecule has 5 nitrogen and oxygen atoms in total. The van der Waals surface area contributed by atoms with Crippen molar-refractivity contribution in [2.45, 2.75) is 26.2 Å². The standard InChI is InChI=1S/C19H25N3O2S.ClH/c1-14(12-20)13-21-19(24)15-5-2-6-16(11-15)22-18(23)9-3-7-17-8-4-10-25-17;/h2,4-6,8,10-11,14H,3,7,9,12-13,20H2,1H3,(H,21,24)(H,22,23);1H. The maximum atomic E-state index is 12.1. The van der Waals surface area contributed by atoms with Crippen LogP contribution in [0.2, 0.25) is 0 Å². The zero-order valence-corrected chi connectivity index (χ0v) is 16.5. The van der Waals surface area contributed by atoms with Gasteiger partial charge < -0.3 is 16.4 Å². The van der Waals surface area contributed by atoms with E-state index >= 15 is 0 Å². The lowest BCUT2D eigenvalue weighted by Gasteiger charge is -2.11. The lowest BCUT2D eigenvalue weighted by atomic mass is 10.1. The van der Waals surface area contributed by atoms with Crippen LogP contribution >= 0.6 is 23.7 Å². The first-order valence-electron chi connectivity index (χ1n) is 8.49. The Balaban J connectivity index is 0.00000338. The van der Waals surface area contributed by atoms with Crippen LogP contribution in [-0.2, 0) is 11.2 Å². The molecule has 0 saturated heterocycles. The molecule has 2 aromatic rings. The fourth-order valence-electron chi connectivity index (χ4n) is 2.29. The number of nitrogens with one attached hydrogen (secondary N) is 2. The van der Waals surface area contributed by atoms with Gasteiger partial charge in [-0.25, -0.2) is 0 Å². The van der Waals surface area contributed by atoms with E-state index in [1.165, 1.54) is 4.88 Å². The SMILES string of the molecule is CC(CN)CNC(=O)c1cccc(NC(=O)CCCc2cccs2)c1.Cl. The van der Waals surface area contributed by atoms with Crippen molar-refractivity contribution in [3.63, 3.8) is 0 Å². The predicted octanol–water partition coefficient (Wildman–Crippen LogP) is 3.46. The first-order valence-corrected chi connectivity index (χ1v) is 9.37. The van der Waals surface area contributed by atoms with Crippen LogP contribution < -0.4 is 16.4 Å². The molecule has 0 bridgehead atoms. The van der Waals surface area contributed by atoms with E-state index in [4.69, 9.17) is 5.73 Å². The third-order valence-corrected chi connectivity index (χ3v) is 4.77. The molecule has 0 spiro atoms. The number of amides is 2. The molecule has 2 rings (SSSR count). The maximum absolute atomic E-state index is 12.1. The lowest BCUT2D eigenvalue weighted by molar-refractivity contribution is -0.116. The summed E-state index contributed by atoms with van der Waals surface area (Å²) < 4.78 is 0. The van der Waals surface area contributed by atoms with E-state index in [0.717, 1.165) is 12.8 Å². The average Bonchev–Trinajstić information content (AvgIpc) is 3.13. The zero-order valence-electron chi connectivity index (χ0n) is 14.9. The molecule has 7 heteroatoms. The van der Waals surface area contributed by atoms with E-state index < -0.39 is 0 Å². The van der Waals surface area contributed by atoms with Gasteiger partial charge in [0, 0.05) is 29.1 Å². The Morgan fingerprint density at radius 3 is 2.73 bits per heavy atom. The van der Waals surface area contributed by atoms with E-state index in [9.17, 15) is 9.59 Å². The minimum absolute atomic E-state index is 0. The number of nitrogens with two attached hydrogens (primary N) is 1. The minimum Gasteiger partial charge on any atom is -0.352 e. The summed E-state index contributed by atoms with van der Waals surface area (Å²) in [7, 11) is 0. The Hall–Kier alpha value is -1.89. The molecule has 1 aromatic carbocycles. The third-order valence-electron chi connectivity index (χ3n) is 3.83. The molecule has 0 fully saturated rings. The van der Waals surface area contributed by atoms with Crippen LogP contribution in [0.4, 0.5) is 5.69 Å². The third kappa shape index (κ3) is 7.56. The first kappa shape index (κ1) is 22.2. The van der Waals surface area contributed by atoms with Crippen LogP contribution in [0.15, 0.2) is 41.8 Å². The summed E-state index contributed by atoms with van der Waals surface area (Å²) in [4.78, 5) is 25.5. The fraction of sp³-hybridized carbons (Fsp3) is 0.368. The highest BCUT2D eigenvalue weighted by atomic mass is 35.5. The van der Waals surface area contributed by atoms with Crippen LogP contribution in [0.1, 0.15) is 35.0 Å². The Labute approximate surface area is 164 Å². The summed E-state index contributed by atoms with van der Waals surface area (Å²) >= 11 is 1.71. The molecule has 26 heavy (non-hydrogen) atoms. The molecule has 1 heterocycles. The Bertz CT molecular complexity index is 692. The minimum atomic E-state index is -0.158. The van der Waals surface area contributed by atoms with Gasteiger partial charge in [-0.2, -0.15) is 0 Å². The van der Waals surface area contributed by atoms with Crippen LogP contribution in [0, 0.1) is 5.92 Å². The number of halogens is 1. The number of hydrogen-bond donors (Lipinski definition) is 3. The van der Waals surface area contributed by atoms with Crippen molar-refractivity contribution in [1.29, 1.82) is 0 Å². The summed E-state index contributed by atoms with van der Waals surface area (Å²) in [6, 6.07) is 11.1. The zero-order chi connectivity index (χ0) is 18.1.